The van der Waals surface area contributed by atoms with Gasteiger partial charge < -0.3 is 15.2 Å². The Balaban J connectivity index is 1.65. The molecule has 2 unspecified atom stereocenters. The minimum Gasteiger partial charge on any atom is -0.356 e. The molecule has 0 saturated carbocycles. The topological polar surface area (TPSA) is 71.8 Å². The monoisotopic (exact) mass is 279 g/mol. The molecule has 1 aromatic rings. The second-order valence-corrected chi connectivity index (χ2v) is 5.75. The van der Waals surface area contributed by atoms with Crippen molar-refractivity contribution < 1.29 is 4.79 Å². The van der Waals surface area contributed by atoms with Gasteiger partial charge in [-0.05, 0) is 37.8 Å². The smallest absolute Gasteiger partial charge is 0.220 e. The van der Waals surface area contributed by atoms with E-state index in [1.807, 2.05) is 11.6 Å². The summed E-state index contributed by atoms with van der Waals surface area (Å²) in [6.45, 7) is 4.97. The van der Waals surface area contributed by atoms with Gasteiger partial charge in [-0.2, -0.15) is 0 Å². The summed E-state index contributed by atoms with van der Waals surface area (Å²) in [7, 11) is 1.91. The number of carbonyl (C=O) groups excluding carboxylic acids is 1. The van der Waals surface area contributed by atoms with E-state index >= 15 is 0 Å². The molecule has 112 valence electrons. The van der Waals surface area contributed by atoms with Gasteiger partial charge in [0.25, 0.3) is 0 Å². The highest BCUT2D eigenvalue weighted by molar-refractivity contribution is 5.76. The standard InChI is InChI=1S/C14H25N5O/c1-11(12-4-3-6-15-9-12)8-14(20)16-7-5-13-18-17-10-19(13)2/h10-12,15H,3-9H2,1-2H3,(H,16,20). The predicted molar refractivity (Wildman–Crippen MR) is 77.1 cm³/mol. The third-order valence-corrected chi connectivity index (χ3v) is 4.12. The summed E-state index contributed by atoms with van der Waals surface area (Å²) in [5.74, 6) is 2.12. The van der Waals surface area contributed by atoms with Gasteiger partial charge in [0.2, 0.25) is 5.91 Å². The lowest BCUT2D eigenvalue weighted by Crippen LogP contribution is -2.36. The summed E-state index contributed by atoms with van der Waals surface area (Å²) < 4.78 is 1.88. The summed E-state index contributed by atoms with van der Waals surface area (Å²) in [4.78, 5) is 11.9. The van der Waals surface area contributed by atoms with Gasteiger partial charge in [-0.25, -0.2) is 0 Å². The van der Waals surface area contributed by atoms with E-state index in [9.17, 15) is 4.79 Å². The van der Waals surface area contributed by atoms with Crippen molar-refractivity contribution in [3.05, 3.63) is 12.2 Å². The largest absolute Gasteiger partial charge is 0.356 e. The maximum Gasteiger partial charge on any atom is 0.220 e. The van der Waals surface area contributed by atoms with E-state index < -0.39 is 0 Å². The fraction of sp³-hybridized carbons (Fsp3) is 0.786. The minimum absolute atomic E-state index is 0.144. The number of hydrogen-bond acceptors (Lipinski definition) is 4. The Morgan fingerprint density at radius 2 is 2.50 bits per heavy atom. The number of aromatic nitrogens is 3. The highest BCUT2D eigenvalue weighted by atomic mass is 16.1. The van der Waals surface area contributed by atoms with Crippen molar-refractivity contribution in [3.8, 4) is 0 Å². The van der Waals surface area contributed by atoms with E-state index in [4.69, 9.17) is 0 Å². The van der Waals surface area contributed by atoms with Crippen LogP contribution in [0.3, 0.4) is 0 Å². The molecule has 2 heterocycles. The SMILES string of the molecule is CC(CC(=O)NCCc1nncn1C)C1CCCNC1. The first-order valence-electron chi connectivity index (χ1n) is 7.47. The number of aryl methyl sites for hydroxylation is 1. The molecule has 6 nitrogen and oxygen atoms in total. The number of hydrogen-bond donors (Lipinski definition) is 2. The van der Waals surface area contributed by atoms with E-state index in [0.29, 0.717) is 24.8 Å². The number of amides is 1. The van der Waals surface area contributed by atoms with Crippen LogP contribution in [0.15, 0.2) is 6.33 Å². The molecule has 2 atom stereocenters. The Bertz CT molecular complexity index is 425. The van der Waals surface area contributed by atoms with E-state index in [2.05, 4.69) is 27.8 Å². The van der Waals surface area contributed by atoms with Gasteiger partial charge in [-0.15, -0.1) is 10.2 Å². The summed E-state index contributed by atoms with van der Waals surface area (Å²) >= 11 is 0. The van der Waals surface area contributed by atoms with Gasteiger partial charge in [0.05, 0.1) is 0 Å². The molecule has 1 aliphatic rings. The van der Waals surface area contributed by atoms with E-state index in [1.54, 1.807) is 6.33 Å². The van der Waals surface area contributed by atoms with Gasteiger partial charge in [-0.3, -0.25) is 4.79 Å². The first-order valence-corrected chi connectivity index (χ1v) is 7.47. The van der Waals surface area contributed by atoms with Crippen LogP contribution in [0.5, 0.6) is 0 Å². The van der Waals surface area contributed by atoms with Gasteiger partial charge in [0.15, 0.2) is 0 Å². The Kier molecular flexibility index (Phi) is 5.52. The first kappa shape index (κ1) is 15.0. The molecule has 1 aromatic heterocycles. The number of rotatable bonds is 6. The zero-order chi connectivity index (χ0) is 14.4. The van der Waals surface area contributed by atoms with Crippen LogP contribution in [-0.4, -0.2) is 40.3 Å². The Morgan fingerprint density at radius 3 is 3.15 bits per heavy atom. The molecule has 0 bridgehead atoms. The van der Waals surface area contributed by atoms with Gasteiger partial charge in [0.1, 0.15) is 12.2 Å². The second-order valence-electron chi connectivity index (χ2n) is 5.75. The van der Waals surface area contributed by atoms with Crippen LogP contribution in [0, 0.1) is 11.8 Å². The molecular formula is C14H25N5O. The lowest BCUT2D eigenvalue weighted by atomic mass is 9.85. The van der Waals surface area contributed by atoms with E-state index in [0.717, 1.165) is 25.3 Å². The van der Waals surface area contributed by atoms with Crippen LogP contribution >= 0.6 is 0 Å². The zero-order valence-corrected chi connectivity index (χ0v) is 12.4. The molecule has 20 heavy (non-hydrogen) atoms. The summed E-state index contributed by atoms with van der Waals surface area (Å²) in [6.07, 6.45) is 5.48. The van der Waals surface area contributed by atoms with Crippen LogP contribution in [0.1, 0.15) is 32.0 Å². The molecule has 1 fully saturated rings. The summed E-state index contributed by atoms with van der Waals surface area (Å²) in [5, 5.41) is 14.2. The van der Waals surface area contributed by atoms with Crippen LogP contribution < -0.4 is 10.6 Å². The highest BCUT2D eigenvalue weighted by Crippen LogP contribution is 2.22. The molecule has 0 radical (unpaired) electrons. The summed E-state index contributed by atoms with van der Waals surface area (Å²) in [5.41, 5.74) is 0. The molecule has 0 aromatic carbocycles. The maximum absolute atomic E-state index is 11.9. The lowest BCUT2D eigenvalue weighted by Gasteiger charge is -2.28. The van der Waals surface area contributed by atoms with Crippen LogP contribution in [0.2, 0.25) is 0 Å². The molecule has 2 rings (SSSR count). The summed E-state index contributed by atoms with van der Waals surface area (Å²) in [6, 6.07) is 0. The Hall–Kier alpha value is -1.43. The number of carbonyl (C=O) groups is 1. The molecular weight excluding hydrogens is 254 g/mol. The Labute approximate surface area is 120 Å². The molecule has 0 spiro atoms. The van der Waals surface area contributed by atoms with Crippen LogP contribution in [0.4, 0.5) is 0 Å². The number of nitrogens with zero attached hydrogens (tertiary/aromatic N) is 3. The Morgan fingerprint density at radius 1 is 1.65 bits per heavy atom. The fourth-order valence-electron chi connectivity index (χ4n) is 2.74. The molecule has 1 aliphatic heterocycles. The van der Waals surface area contributed by atoms with Crippen molar-refractivity contribution in [2.24, 2.45) is 18.9 Å². The van der Waals surface area contributed by atoms with E-state index in [1.165, 1.54) is 12.8 Å². The lowest BCUT2D eigenvalue weighted by molar-refractivity contribution is -0.122. The third-order valence-electron chi connectivity index (χ3n) is 4.12. The minimum atomic E-state index is 0.144. The maximum atomic E-state index is 11.9. The van der Waals surface area contributed by atoms with Crippen molar-refractivity contribution in [1.29, 1.82) is 0 Å². The first-order chi connectivity index (χ1) is 9.66. The number of piperidine rings is 1. The van der Waals surface area contributed by atoms with Crippen LogP contribution in [0.25, 0.3) is 0 Å². The van der Waals surface area contributed by atoms with Crippen molar-refractivity contribution >= 4 is 5.91 Å². The average molecular weight is 279 g/mol. The van der Waals surface area contributed by atoms with Crippen molar-refractivity contribution in [1.82, 2.24) is 25.4 Å². The van der Waals surface area contributed by atoms with Crippen molar-refractivity contribution in [3.63, 3.8) is 0 Å². The zero-order valence-electron chi connectivity index (χ0n) is 12.4. The molecule has 1 saturated heterocycles. The molecule has 6 heteroatoms. The van der Waals surface area contributed by atoms with Crippen LogP contribution in [-0.2, 0) is 18.3 Å². The normalized spacial score (nSPS) is 20.6. The fourth-order valence-corrected chi connectivity index (χ4v) is 2.74. The number of nitrogens with one attached hydrogen (secondary N) is 2. The molecule has 1 amide bonds. The van der Waals surface area contributed by atoms with Gasteiger partial charge in [0, 0.05) is 26.4 Å². The predicted octanol–water partition coefficient (Wildman–Crippen LogP) is 0.500. The second kappa shape index (κ2) is 7.38. The molecule has 2 N–H and O–H groups in total. The third kappa shape index (κ3) is 4.30. The van der Waals surface area contributed by atoms with Gasteiger partial charge >= 0.3 is 0 Å². The quantitative estimate of drug-likeness (QED) is 0.795. The van der Waals surface area contributed by atoms with Crippen molar-refractivity contribution in [2.45, 2.75) is 32.6 Å². The van der Waals surface area contributed by atoms with E-state index in [-0.39, 0.29) is 5.91 Å². The van der Waals surface area contributed by atoms with Crippen molar-refractivity contribution in [2.75, 3.05) is 19.6 Å². The average Bonchev–Trinajstić information content (AvgIpc) is 2.85. The molecule has 0 aliphatic carbocycles. The van der Waals surface area contributed by atoms with Gasteiger partial charge in [-0.1, -0.05) is 6.92 Å². The highest BCUT2D eigenvalue weighted by Gasteiger charge is 2.21.